The van der Waals surface area contributed by atoms with E-state index in [1.807, 2.05) is 0 Å². The van der Waals surface area contributed by atoms with Crippen molar-refractivity contribution in [2.24, 2.45) is 0 Å². The highest BCUT2D eigenvalue weighted by molar-refractivity contribution is 7.47. The maximum atomic E-state index is 13.2. The van der Waals surface area contributed by atoms with Gasteiger partial charge >= 0.3 is 15.6 Å². The summed E-state index contributed by atoms with van der Waals surface area (Å²) in [6, 6.07) is 3.19. The Kier molecular flexibility index (Phi) is 7.36. The van der Waals surface area contributed by atoms with E-state index >= 15 is 0 Å². The summed E-state index contributed by atoms with van der Waals surface area (Å²) in [5.41, 5.74) is 11.4. The van der Waals surface area contributed by atoms with Gasteiger partial charge in [-0.25, -0.2) is 19.1 Å². The smallest absolute Gasteiger partial charge is 0.398 e. The van der Waals surface area contributed by atoms with Crippen LogP contribution in [0.4, 0.5) is 11.6 Å². The number of phosphoric acid groups is 2. The Balaban J connectivity index is 1.21. The number of H-pyrrole nitrogens is 1. The summed E-state index contributed by atoms with van der Waals surface area (Å²) in [6.45, 7) is -1.60. The molecule has 0 radical (unpaired) electrons. The fraction of sp³-hybridized carbons (Fsp3) is 0.455. The van der Waals surface area contributed by atoms with Crippen molar-refractivity contribution >= 4 is 49.5 Å². The number of aliphatic hydroxyl groups is 2. The van der Waals surface area contributed by atoms with Gasteiger partial charge in [-0.05, 0) is 12.1 Å². The molecule has 45 heavy (non-hydrogen) atoms. The van der Waals surface area contributed by atoms with Gasteiger partial charge in [0.15, 0.2) is 23.6 Å². The molecular formula is C22H26N8O13P2. The Labute approximate surface area is 250 Å². The van der Waals surface area contributed by atoms with Gasteiger partial charge in [-0.2, -0.15) is 4.98 Å². The number of imidazole rings is 1. The number of anilines is 2. The van der Waals surface area contributed by atoms with Crippen LogP contribution in [-0.4, -0.2) is 98.9 Å². The first kappa shape index (κ1) is 30.4. The van der Waals surface area contributed by atoms with E-state index in [0.29, 0.717) is 16.7 Å². The van der Waals surface area contributed by atoms with Crippen molar-refractivity contribution < 1.29 is 56.7 Å². The van der Waals surface area contributed by atoms with Gasteiger partial charge in [0.25, 0.3) is 5.56 Å². The summed E-state index contributed by atoms with van der Waals surface area (Å²) in [6.07, 6.45) is -8.33. The first-order valence-electron chi connectivity index (χ1n) is 13.2. The number of ether oxygens (including phenoxy) is 2. The Bertz CT molecular complexity index is 1930. The fourth-order valence-electron chi connectivity index (χ4n) is 5.52. The maximum Gasteiger partial charge on any atom is 0.472 e. The molecular weight excluding hydrogens is 646 g/mol. The van der Waals surface area contributed by atoms with E-state index in [1.54, 1.807) is 12.1 Å². The summed E-state index contributed by atoms with van der Waals surface area (Å²) < 4.78 is 61.4. The molecule has 23 heteroatoms. The SMILES string of the molecule is Nc1nc2c(ncn2[C@@H]2O[C@@H]3COP(=O)(O)O[C@@H]4C(O)[C@H](n5ccc6c(N)ccnc65)O[C@@H]4COP(=O)(O)OC2[C@H]3O)c(=O)[nH]1. The zero-order valence-corrected chi connectivity index (χ0v) is 24.5. The molecule has 3 fully saturated rings. The van der Waals surface area contributed by atoms with Crippen LogP contribution in [0.1, 0.15) is 12.5 Å². The minimum atomic E-state index is -5.09. The Hall–Kier alpha value is -3.30. The molecule has 4 unspecified atom stereocenters. The van der Waals surface area contributed by atoms with E-state index in [-0.39, 0.29) is 17.1 Å². The molecule has 4 aromatic rings. The molecule has 0 aliphatic carbocycles. The molecule has 21 nitrogen and oxygen atoms in total. The summed E-state index contributed by atoms with van der Waals surface area (Å²) >= 11 is 0. The monoisotopic (exact) mass is 672 g/mol. The predicted octanol–water partition coefficient (Wildman–Crippen LogP) is -1.13. The number of aromatic nitrogens is 6. The molecule has 3 saturated heterocycles. The highest BCUT2D eigenvalue weighted by atomic mass is 31.2. The first-order valence-corrected chi connectivity index (χ1v) is 16.2. The van der Waals surface area contributed by atoms with Crippen LogP contribution in [0.25, 0.3) is 22.2 Å². The van der Waals surface area contributed by atoms with Gasteiger partial charge in [-0.15, -0.1) is 0 Å². The number of aliphatic hydroxyl groups excluding tert-OH is 2. The second kappa shape index (κ2) is 10.9. The van der Waals surface area contributed by atoms with Crippen LogP contribution in [0.2, 0.25) is 0 Å². The number of fused-ring (bicyclic) bond motifs is 5. The quantitative estimate of drug-likeness (QED) is 0.124. The molecule has 0 amide bonds. The van der Waals surface area contributed by atoms with Crippen LogP contribution in [0, 0.1) is 0 Å². The lowest BCUT2D eigenvalue weighted by Gasteiger charge is -2.25. The lowest BCUT2D eigenvalue weighted by atomic mass is 10.1. The van der Waals surface area contributed by atoms with Crippen LogP contribution < -0.4 is 17.0 Å². The van der Waals surface area contributed by atoms with Crippen LogP contribution >= 0.6 is 15.6 Å². The number of nitrogens with one attached hydrogen (secondary N) is 1. The van der Waals surface area contributed by atoms with Gasteiger partial charge in [0, 0.05) is 23.5 Å². The van der Waals surface area contributed by atoms with Crippen molar-refractivity contribution in [1.82, 2.24) is 29.1 Å². The largest absolute Gasteiger partial charge is 0.472 e. The number of rotatable bonds is 2. The zero-order valence-electron chi connectivity index (χ0n) is 22.7. The van der Waals surface area contributed by atoms with Gasteiger partial charge < -0.3 is 45.5 Å². The molecule has 0 aromatic carbocycles. The van der Waals surface area contributed by atoms with E-state index in [2.05, 4.69) is 19.9 Å². The summed E-state index contributed by atoms with van der Waals surface area (Å²) in [5, 5.41) is 22.7. The highest BCUT2D eigenvalue weighted by Gasteiger charge is 2.53. The fourth-order valence-corrected chi connectivity index (χ4v) is 7.42. The average molecular weight is 672 g/mol. The molecule has 3 aliphatic rings. The minimum Gasteiger partial charge on any atom is -0.398 e. The Morgan fingerprint density at radius 3 is 2.33 bits per heavy atom. The van der Waals surface area contributed by atoms with E-state index in [1.165, 1.54) is 17.0 Å². The molecule has 0 spiro atoms. The van der Waals surface area contributed by atoms with Crippen molar-refractivity contribution in [2.45, 2.75) is 49.1 Å². The molecule has 9 N–H and O–H groups in total. The van der Waals surface area contributed by atoms with Gasteiger partial charge in [-0.1, -0.05) is 0 Å². The highest BCUT2D eigenvalue weighted by Crippen LogP contribution is 2.53. The Morgan fingerprint density at radius 1 is 0.889 bits per heavy atom. The van der Waals surface area contributed by atoms with Crippen LogP contribution in [-0.2, 0) is 36.7 Å². The number of phosphoric ester groups is 2. The molecule has 3 aliphatic heterocycles. The predicted molar refractivity (Wildman–Crippen MR) is 148 cm³/mol. The number of nitrogen functional groups attached to an aromatic ring is 2. The van der Waals surface area contributed by atoms with Crippen LogP contribution in [0.15, 0.2) is 35.6 Å². The van der Waals surface area contributed by atoms with Crippen molar-refractivity contribution in [2.75, 3.05) is 24.7 Å². The third-order valence-electron chi connectivity index (χ3n) is 7.58. The summed E-state index contributed by atoms with van der Waals surface area (Å²) in [5.74, 6) is -0.277. The number of nitrogens with zero attached hydrogens (tertiary/aromatic N) is 5. The van der Waals surface area contributed by atoms with Crippen molar-refractivity contribution in [3.63, 3.8) is 0 Å². The number of pyridine rings is 1. The maximum absolute atomic E-state index is 13.2. The first-order chi connectivity index (χ1) is 21.3. The third kappa shape index (κ3) is 5.35. The van der Waals surface area contributed by atoms with Crippen molar-refractivity contribution in [1.29, 1.82) is 0 Å². The molecule has 4 aromatic heterocycles. The van der Waals surface area contributed by atoms with Gasteiger partial charge in [0.1, 0.15) is 42.3 Å². The van der Waals surface area contributed by atoms with Crippen LogP contribution in [0.5, 0.6) is 0 Å². The Morgan fingerprint density at radius 2 is 1.58 bits per heavy atom. The molecule has 10 atom stereocenters. The summed E-state index contributed by atoms with van der Waals surface area (Å²) in [4.78, 5) is 48.1. The molecule has 7 rings (SSSR count). The topological polar surface area (TPSA) is 304 Å². The third-order valence-corrected chi connectivity index (χ3v) is 9.55. The van der Waals surface area contributed by atoms with E-state index in [0.717, 1.165) is 10.9 Å². The van der Waals surface area contributed by atoms with E-state index < -0.39 is 83.5 Å². The number of hydrogen-bond donors (Lipinski definition) is 7. The standard InChI is InChI=1S/C22H26N8O13P2/c23-9-1-3-25-17-8(9)2-4-29(17)20-14(32)15-11(41-20)6-39-45(36,37)43-16-13(31)10(5-38-44(34,35)42-15)40-21(16)30-7-26-12-18(30)27-22(24)28-19(12)33/h1-4,7,10-11,13-16,20-21,31-32H,5-6H2,(H2,23,25)(H,34,35)(H,36,37)(H3,24,27,28,33)/t10-,11-,13+,14?,15+,16?,20-,21-/m1/s1. The second-order valence-electron chi connectivity index (χ2n) is 10.4. The lowest BCUT2D eigenvalue weighted by Crippen LogP contribution is -2.36. The van der Waals surface area contributed by atoms with Crippen molar-refractivity contribution in [3.8, 4) is 0 Å². The van der Waals surface area contributed by atoms with Crippen LogP contribution in [0.3, 0.4) is 0 Å². The molecule has 2 bridgehead atoms. The lowest BCUT2D eigenvalue weighted by molar-refractivity contribution is -0.0671. The second-order valence-corrected chi connectivity index (χ2v) is 13.2. The zero-order chi connectivity index (χ0) is 31.8. The number of aromatic amines is 1. The number of nitrogens with two attached hydrogens (primary N) is 2. The molecule has 0 saturated carbocycles. The van der Waals surface area contributed by atoms with Crippen molar-refractivity contribution in [3.05, 3.63) is 41.2 Å². The van der Waals surface area contributed by atoms with E-state index in [9.17, 15) is 33.9 Å². The van der Waals surface area contributed by atoms with Gasteiger partial charge in [0.2, 0.25) is 5.95 Å². The van der Waals surface area contributed by atoms with E-state index in [4.69, 9.17) is 39.0 Å². The minimum absolute atomic E-state index is 0.120. The van der Waals surface area contributed by atoms with Gasteiger partial charge in [0.05, 0.1) is 19.5 Å². The average Bonchev–Trinajstić information content (AvgIpc) is 3.72. The normalized spacial score (nSPS) is 37.7. The number of hydrogen-bond acceptors (Lipinski definition) is 16. The summed E-state index contributed by atoms with van der Waals surface area (Å²) in [7, 11) is -10.1. The van der Waals surface area contributed by atoms with Gasteiger partial charge in [-0.3, -0.25) is 32.4 Å². The molecule has 242 valence electrons. The molecule has 7 heterocycles.